The Hall–Kier alpha value is -3.93. The van der Waals surface area contributed by atoms with Gasteiger partial charge in [0.2, 0.25) is 0 Å². The average Bonchev–Trinajstić information content (AvgIpc) is 3.09. The molecule has 0 radical (unpaired) electrons. The predicted molar refractivity (Wildman–Crippen MR) is 118 cm³/mol. The second-order valence-corrected chi connectivity index (χ2v) is 7.20. The molecule has 1 amide bonds. The van der Waals surface area contributed by atoms with E-state index in [-0.39, 0.29) is 11.3 Å². The van der Waals surface area contributed by atoms with Crippen LogP contribution in [-0.4, -0.2) is 28.9 Å². The molecule has 1 aromatic heterocycles. The van der Waals surface area contributed by atoms with E-state index >= 15 is 0 Å². The van der Waals surface area contributed by atoms with Crippen LogP contribution in [0.25, 0.3) is 5.76 Å². The number of aryl methyl sites for hydroxylation is 1. The number of aliphatic hydroxyl groups is 1. The average molecular weight is 414 g/mol. The van der Waals surface area contributed by atoms with E-state index in [2.05, 4.69) is 4.98 Å². The van der Waals surface area contributed by atoms with Crippen molar-refractivity contribution in [1.82, 2.24) is 4.98 Å². The molecule has 0 bridgehead atoms. The monoisotopic (exact) mass is 414 g/mol. The third-order valence-corrected chi connectivity index (χ3v) is 5.43. The molecule has 156 valence electrons. The Balaban J connectivity index is 1.91. The van der Waals surface area contributed by atoms with E-state index in [1.54, 1.807) is 60.9 Å². The predicted octanol–water partition coefficient (Wildman–Crippen LogP) is 4.28. The summed E-state index contributed by atoms with van der Waals surface area (Å²) in [4.78, 5) is 31.7. The highest BCUT2D eigenvalue weighted by atomic mass is 16.5. The summed E-state index contributed by atoms with van der Waals surface area (Å²) in [5.74, 6) is -1.08. The summed E-state index contributed by atoms with van der Waals surface area (Å²) in [5, 5.41) is 11.1. The van der Waals surface area contributed by atoms with Crippen LogP contribution in [-0.2, 0) is 16.0 Å². The quantitative estimate of drug-likeness (QED) is 0.383. The molecule has 1 unspecified atom stereocenters. The molecule has 2 aromatic carbocycles. The fourth-order valence-electron chi connectivity index (χ4n) is 3.77. The van der Waals surface area contributed by atoms with E-state index < -0.39 is 17.7 Å². The minimum absolute atomic E-state index is 0.0447. The van der Waals surface area contributed by atoms with Crippen molar-refractivity contribution in [3.05, 3.63) is 95.3 Å². The van der Waals surface area contributed by atoms with Crippen molar-refractivity contribution in [2.45, 2.75) is 19.4 Å². The third-order valence-electron chi connectivity index (χ3n) is 5.43. The number of benzene rings is 2. The highest BCUT2D eigenvalue weighted by Crippen LogP contribution is 2.42. The highest BCUT2D eigenvalue weighted by Gasteiger charge is 2.47. The molecule has 6 nitrogen and oxygen atoms in total. The Morgan fingerprint density at radius 3 is 2.42 bits per heavy atom. The molecule has 6 heteroatoms. The second-order valence-electron chi connectivity index (χ2n) is 7.20. The number of methoxy groups -OCH3 is 1. The summed E-state index contributed by atoms with van der Waals surface area (Å²) in [7, 11) is 1.54. The van der Waals surface area contributed by atoms with Gasteiger partial charge in [0.1, 0.15) is 11.5 Å². The van der Waals surface area contributed by atoms with Gasteiger partial charge in [-0.2, -0.15) is 0 Å². The van der Waals surface area contributed by atoms with E-state index in [1.807, 2.05) is 19.1 Å². The number of carbonyl (C=O) groups is 2. The van der Waals surface area contributed by atoms with Gasteiger partial charge in [-0.15, -0.1) is 0 Å². The summed E-state index contributed by atoms with van der Waals surface area (Å²) in [6.45, 7) is 2.04. The number of ketones is 1. The fourth-order valence-corrected chi connectivity index (χ4v) is 3.77. The first-order valence-electron chi connectivity index (χ1n) is 9.99. The molecule has 0 spiro atoms. The lowest BCUT2D eigenvalue weighted by Gasteiger charge is -2.25. The zero-order chi connectivity index (χ0) is 22.0. The normalized spacial score (nSPS) is 17.7. The first kappa shape index (κ1) is 20.3. The van der Waals surface area contributed by atoms with Crippen LogP contribution in [0.2, 0.25) is 0 Å². The molecule has 0 saturated carbocycles. The number of pyridine rings is 1. The number of anilines is 1. The van der Waals surface area contributed by atoms with Crippen LogP contribution in [0.3, 0.4) is 0 Å². The molecular weight excluding hydrogens is 392 g/mol. The van der Waals surface area contributed by atoms with Crippen LogP contribution in [0.5, 0.6) is 5.75 Å². The van der Waals surface area contributed by atoms with Gasteiger partial charge in [0.15, 0.2) is 0 Å². The lowest BCUT2D eigenvalue weighted by molar-refractivity contribution is -0.132. The largest absolute Gasteiger partial charge is 0.507 e. The lowest BCUT2D eigenvalue weighted by atomic mass is 9.95. The molecule has 31 heavy (non-hydrogen) atoms. The number of Topliss-reactive ketones (excluding diaryl/α,β-unsaturated/α-hetero) is 1. The molecule has 1 N–H and O–H groups in total. The Morgan fingerprint density at radius 2 is 1.77 bits per heavy atom. The van der Waals surface area contributed by atoms with Gasteiger partial charge in [0, 0.05) is 29.7 Å². The van der Waals surface area contributed by atoms with Gasteiger partial charge in [-0.05, 0) is 41.8 Å². The van der Waals surface area contributed by atoms with Crippen LogP contribution in [0, 0.1) is 0 Å². The van der Waals surface area contributed by atoms with Gasteiger partial charge in [-0.3, -0.25) is 19.5 Å². The standard InChI is InChI=1S/C25H22N2O4/c1-3-16-7-9-18(10-8-16)23(28)21-22(17-11-13-26-14-12-17)27(25(30)24(21)29)19-5-4-6-20(15-19)31-2/h4-15,22,28H,3H2,1-2H3/b23-21+. The van der Waals surface area contributed by atoms with Crippen LogP contribution >= 0.6 is 0 Å². The first-order chi connectivity index (χ1) is 15.0. The first-order valence-corrected chi connectivity index (χ1v) is 9.99. The summed E-state index contributed by atoms with van der Waals surface area (Å²) in [5.41, 5.74) is 2.81. The molecule has 1 aliphatic rings. The zero-order valence-electron chi connectivity index (χ0n) is 17.3. The fraction of sp³-hybridized carbons (Fsp3) is 0.160. The maximum Gasteiger partial charge on any atom is 0.300 e. The molecule has 4 rings (SSSR count). The van der Waals surface area contributed by atoms with Crippen molar-refractivity contribution in [3.63, 3.8) is 0 Å². The number of aliphatic hydroxyl groups excluding tert-OH is 1. The Morgan fingerprint density at radius 1 is 1.06 bits per heavy atom. The second kappa shape index (κ2) is 8.44. The number of hydrogen-bond acceptors (Lipinski definition) is 5. The summed E-state index contributed by atoms with van der Waals surface area (Å²) in [6, 6.07) is 16.9. The van der Waals surface area contributed by atoms with Gasteiger partial charge >= 0.3 is 0 Å². The van der Waals surface area contributed by atoms with E-state index in [4.69, 9.17) is 4.74 Å². The molecule has 0 aliphatic carbocycles. The number of aromatic nitrogens is 1. The summed E-state index contributed by atoms with van der Waals surface area (Å²) in [6.07, 6.45) is 4.05. The summed E-state index contributed by atoms with van der Waals surface area (Å²) < 4.78 is 5.29. The smallest absolute Gasteiger partial charge is 0.300 e. The topological polar surface area (TPSA) is 79.7 Å². The molecular formula is C25H22N2O4. The van der Waals surface area contributed by atoms with Crippen LogP contribution < -0.4 is 9.64 Å². The molecule has 3 aromatic rings. The molecule has 1 saturated heterocycles. The van der Waals surface area contributed by atoms with Crippen molar-refractivity contribution >= 4 is 23.1 Å². The number of nitrogens with zero attached hydrogens (tertiary/aromatic N) is 2. The van der Waals surface area contributed by atoms with E-state index in [1.165, 1.54) is 12.0 Å². The van der Waals surface area contributed by atoms with Crippen LogP contribution in [0.15, 0.2) is 78.6 Å². The number of ether oxygens (including phenoxy) is 1. The summed E-state index contributed by atoms with van der Waals surface area (Å²) >= 11 is 0. The molecule has 2 heterocycles. The van der Waals surface area contributed by atoms with E-state index in [9.17, 15) is 14.7 Å². The van der Waals surface area contributed by atoms with Gasteiger partial charge in [-0.25, -0.2) is 0 Å². The van der Waals surface area contributed by atoms with Gasteiger partial charge < -0.3 is 9.84 Å². The van der Waals surface area contributed by atoms with Crippen molar-refractivity contribution in [3.8, 4) is 5.75 Å². The van der Waals surface area contributed by atoms with Crippen molar-refractivity contribution in [1.29, 1.82) is 0 Å². The Labute approximate surface area is 180 Å². The van der Waals surface area contributed by atoms with Gasteiger partial charge in [0.25, 0.3) is 11.7 Å². The SMILES string of the molecule is CCc1ccc(/C(O)=C2\C(=O)C(=O)N(c3cccc(OC)c3)C2c2ccncc2)cc1. The van der Waals surface area contributed by atoms with Gasteiger partial charge in [0.05, 0.1) is 18.7 Å². The molecule has 1 fully saturated rings. The maximum absolute atomic E-state index is 13.1. The molecule has 1 atom stereocenters. The van der Waals surface area contributed by atoms with Gasteiger partial charge in [-0.1, -0.05) is 37.3 Å². The van der Waals surface area contributed by atoms with Crippen LogP contribution in [0.1, 0.15) is 29.7 Å². The Kier molecular flexibility index (Phi) is 5.54. The zero-order valence-corrected chi connectivity index (χ0v) is 17.3. The highest BCUT2D eigenvalue weighted by molar-refractivity contribution is 6.51. The van der Waals surface area contributed by atoms with E-state index in [0.29, 0.717) is 22.6 Å². The number of rotatable bonds is 5. The molecule has 1 aliphatic heterocycles. The number of carbonyl (C=O) groups excluding carboxylic acids is 2. The minimum atomic E-state index is -0.791. The maximum atomic E-state index is 13.1. The minimum Gasteiger partial charge on any atom is -0.507 e. The van der Waals surface area contributed by atoms with Crippen molar-refractivity contribution in [2.24, 2.45) is 0 Å². The van der Waals surface area contributed by atoms with Crippen molar-refractivity contribution < 1.29 is 19.4 Å². The van der Waals surface area contributed by atoms with E-state index in [0.717, 1.165) is 12.0 Å². The van der Waals surface area contributed by atoms with Crippen LogP contribution in [0.4, 0.5) is 5.69 Å². The third kappa shape index (κ3) is 3.68. The number of amides is 1. The van der Waals surface area contributed by atoms with Crippen molar-refractivity contribution in [2.75, 3.05) is 12.0 Å². The lowest BCUT2D eigenvalue weighted by Crippen LogP contribution is -2.29. The Bertz CT molecular complexity index is 1150. The number of hydrogen-bond donors (Lipinski definition) is 1.